The van der Waals surface area contributed by atoms with Crippen LogP contribution in [0, 0.1) is 17.6 Å². The highest BCUT2D eigenvalue weighted by molar-refractivity contribution is 5.76. The Morgan fingerprint density at radius 2 is 2.26 bits per heavy atom. The highest BCUT2D eigenvalue weighted by atomic mass is 19.1. The molecule has 3 nitrogen and oxygen atoms in total. The molecule has 0 aromatic heterocycles. The van der Waals surface area contributed by atoms with Crippen LogP contribution in [0.5, 0.6) is 0 Å². The van der Waals surface area contributed by atoms with Crippen molar-refractivity contribution in [2.75, 3.05) is 19.6 Å². The van der Waals surface area contributed by atoms with Crippen LogP contribution in [0.2, 0.25) is 0 Å². The Bertz CT molecular complexity index is 445. The molecule has 0 saturated carbocycles. The molecule has 1 aromatic rings. The maximum atomic E-state index is 13.3. The molecule has 1 aromatic carbocycles. The second-order valence-electron chi connectivity index (χ2n) is 4.90. The Hall–Kier alpha value is -1.49. The van der Waals surface area contributed by atoms with Crippen molar-refractivity contribution in [3.63, 3.8) is 0 Å². The van der Waals surface area contributed by atoms with Crippen LogP contribution in [0.3, 0.4) is 0 Å². The lowest BCUT2D eigenvalue weighted by atomic mass is 10.0. The number of amides is 1. The molecule has 2 rings (SSSR count). The summed E-state index contributed by atoms with van der Waals surface area (Å²) in [7, 11) is 0. The number of benzene rings is 1. The molecule has 1 heterocycles. The fourth-order valence-corrected chi connectivity index (χ4v) is 2.28. The molecule has 1 aliphatic heterocycles. The number of carbonyl (C=O) groups excluding carboxylic acids is 1. The van der Waals surface area contributed by atoms with Crippen molar-refractivity contribution in [2.45, 2.75) is 19.3 Å². The van der Waals surface area contributed by atoms with Gasteiger partial charge in [0.25, 0.3) is 0 Å². The van der Waals surface area contributed by atoms with Crippen molar-refractivity contribution in [1.29, 1.82) is 0 Å². The first kappa shape index (κ1) is 13.9. The minimum absolute atomic E-state index is 0.00350. The van der Waals surface area contributed by atoms with E-state index in [4.69, 9.17) is 0 Å². The first-order chi connectivity index (χ1) is 9.15. The number of carbonyl (C=O) groups is 1. The van der Waals surface area contributed by atoms with E-state index in [1.165, 1.54) is 12.1 Å². The summed E-state index contributed by atoms with van der Waals surface area (Å²) in [6.45, 7) is 2.24. The van der Waals surface area contributed by atoms with Gasteiger partial charge in [0.15, 0.2) is 0 Å². The minimum Gasteiger partial charge on any atom is -0.356 e. The van der Waals surface area contributed by atoms with Crippen molar-refractivity contribution in [3.8, 4) is 0 Å². The van der Waals surface area contributed by atoms with Gasteiger partial charge < -0.3 is 10.6 Å². The average molecular weight is 268 g/mol. The van der Waals surface area contributed by atoms with Crippen LogP contribution in [0.25, 0.3) is 0 Å². The third kappa shape index (κ3) is 4.28. The minimum atomic E-state index is -0.584. The molecule has 1 fully saturated rings. The van der Waals surface area contributed by atoms with E-state index in [2.05, 4.69) is 10.6 Å². The Morgan fingerprint density at radius 3 is 2.95 bits per heavy atom. The molecule has 0 bridgehead atoms. The quantitative estimate of drug-likeness (QED) is 0.852. The van der Waals surface area contributed by atoms with Crippen LogP contribution in [-0.4, -0.2) is 25.5 Å². The van der Waals surface area contributed by atoms with E-state index < -0.39 is 11.6 Å². The maximum absolute atomic E-state index is 13.3. The Kier molecular flexibility index (Phi) is 4.85. The van der Waals surface area contributed by atoms with E-state index in [0.29, 0.717) is 30.9 Å². The summed E-state index contributed by atoms with van der Waals surface area (Å²) in [6.07, 6.45) is 1.92. The largest absolute Gasteiger partial charge is 0.356 e. The Morgan fingerprint density at radius 1 is 1.42 bits per heavy atom. The standard InChI is InChI=1S/C14H18F2N2O/c15-12-2-1-11(13(16)8-12)4-6-18-14(19)7-10-3-5-17-9-10/h1-2,8,10,17H,3-7,9H2,(H,18,19). The predicted molar refractivity (Wildman–Crippen MR) is 68.7 cm³/mol. The van der Waals surface area contributed by atoms with Gasteiger partial charge in [-0.25, -0.2) is 8.78 Å². The monoisotopic (exact) mass is 268 g/mol. The Balaban J connectivity index is 1.72. The van der Waals surface area contributed by atoms with Crippen molar-refractivity contribution >= 4 is 5.91 Å². The maximum Gasteiger partial charge on any atom is 0.220 e. The molecule has 0 radical (unpaired) electrons. The molecule has 1 saturated heterocycles. The summed E-state index contributed by atoms with van der Waals surface area (Å²) in [5, 5.41) is 5.98. The number of rotatable bonds is 5. The molecule has 0 aliphatic carbocycles. The second-order valence-corrected chi connectivity index (χ2v) is 4.90. The number of hydrogen-bond acceptors (Lipinski definition) is 2. The lowest BCUT2D eigenvalue weighted by Crippen LogP contribution is -2.28. The van der Waals surface area contributed by atoms with Crippen LogP contribution in [0.15, 0.2) is 18.2 Å². The van der Waals surface area contributed by atoms with Gasteiger partial charge in [0.2, 0.25) is 5.91 Å². The molecular weight excluding hydrogens is 250 g/mol. The van der Waals surface area contributed by atoms with Crippen LogP contribution >= 0.6 is 0 Å². The zero-order chi connectivity index (χ0) is 13.7. The topological polar surface area (TPSA) is 41.1 Å². The third-order valence-corrected chi connectivity index (χ3v) is 3.37. The van der Waals surface area contributed by atoms with Crippen LogP contribution in [0.1, 0.15) is 18.4 Å². The van der Waals surface area contributed by atoms with Crippen LogP contribution in [0.4, 0.5) is 8.78 Å². The van der Waals surface area contributed by atoms with E-state index in [0.717, 1.165) is 25.6 Å². The molecule has 19 heavy (non-hydrogen) atoms. The van der Waals surface area contributed by atoms with E-state index in [-0.39, 0.29) is 5.91 Å². The van der Waals surface area contributed by atoms with Gasteiger partial charge >= 0.3 is 0 Å². The third-order valence-electron chi connectivity index (χ3n) is 3.37. The van der Waals surface area contributed by atoms with Crippen LogP contribution < -0.4 is 10.6 Å². The second kappa shape index (κ2) is 6.61. The smallest absolute Gasteiger partial charge is 0.220 e. The van der Waals surface area contributed by atoms with Crippen LogP contribution in [-0.2, 0) is 11.2 Å². The SMILES string of the molecule is O=C(CC1CCNC1)NCCc1ccc(F)cc1F. The van der Waals surface area contributed by atoms with Gasteiger partial charge in [-0.1, -0.05) is 6.07 Å². The van der Waals surface area contributed by atoms with Gasteiger partial charge in [0, 0.05) is 19.0 Å². The van der Waals surface area contributed by atoms with Crippen molar-refractivity contribution in [1.82, 2.24) is 10.6 Å². The summed E-state index contributed by atoms with van der Waals surface area (Å²) >= 11 is 0. The number of halogens is 2. The summed E-state index contributed by atoms with van der Waals surface area (Å²) in [5.74, 6) is -0.743. The number of nitrogens with one attached hydrogen (secondary N) is 2. The molecule has 2 N–H and O–H groups in total. The molecular formula is C14H18F2N2O. The normalized spacial score (nSPS) is 18.5. The lowest BCUT2D eigenvalue weighted by Gasteiger charge is -2.09. The van der Waals surface area contributed by atoms with Gasteiger partial charge in [-0.15, -0.1) is 0 Å². The fraction of sp³-hybridized carbons (Fsp3) is 0.500. The van der Waals surface area contributed by atoms with E-state index in [9.17, 15) is 13.6 Å². The first-order valence-corrected chi connectivity index (χ1v) is 6.56. The predicted octanol–water partition coefficient (Wildman–Crippen LogP) is 1.62. The summed E-state index contributed by atoms with van der Waals surface area (Å²) in [4.78, 5) is 11.6. The summed E-state index contributed by atoms with van der Waals surface area (Å²) in [5.41, 5.74) is 0.421. The highest BCUT2D eigenvalue weighted by Gasteiger charge is 2.17. The van der Waals surface area contributed by atoms with Gasteiger partial charge in [-0.3, -0.25) is 4.79 Å². The van der Waals surface area contributed by atoms with Crippen molar-refractivity contribution in [2.24, 2.45) is 5.92 Å². The number of hydrogen-bond donors (Lipinski definition) is 2. The van der Waals surface area contributed by atoms with Gasteiger partial charge in [-0.05, 0) is 43.5 Å². The molecule has 1 aliphatic rings. The zero-order valence-corrected chi connectivity index (χ0v) is 10.7. The van der Waals surface area contributed by atoms with E-state index >= 15 is 0 Å². The van der Waals surface area contributed by atoms with E-state index in [1.807, 2.05) is 0 Å². The fourth-order valence-electron chi connectivity index (χ4n) is 2.28. The molecule has 1 unspecified atom stereocenters. The van der Waals surface area contributed by atoms with Gasteiger partial charge in [-0.2, -0.15) is 0 Å². The zero-order valence-electron chi connectivity index (χ0n) is 10.7. The van der Waals surface area contributed by atoms with Crippen molar-refractivity contribution < 1.29 is 13.6 Å². The molecule has 0 spiro atoms. The average Bonchev–Trinajstić information content (AvgIpc) is 2.84. The summed E-state index contributed by atoms with van der Waals surface area (Å²) < 4.78 is 26.1. The van der Waals surface area contributed by atoms with Gasteiger partial charge in [0.05, 0.1) is 0 Å². The summed E-state index contributed by atoms with van der Waals surface area (Å²) in [6, 6.07) is 3.50. The molecule has 104 valence electrons. The highest BCUT2D eigenvalue weighted by Crippen LogP contribution is 2.12. The van der Waals surface area contributed by atoms with Crippen molar-refractivity contribution in [3.05, 3.63) is 35.4 Å². The first-order valence-electron chi connectivity index (χ1n) is 6.56. The van der Waals surface area contributed by atoms with Gasteiger partial charge in [0.1, 0.15) is 11.6 Å². The molecule has 5 heteroatoms. The molecule has 1 atom stereocenters. The molecule has 1 amide bonds. The Labute approximate surface area is 111 Å². The van der Waals surface area contributed by atoms with E-state index in [1.54, 1.807) is 0 Å². The lowest BCUT2D eigenvalue weighted by molar-refractivity contribution is -0.121.